The van der Waals surface area contributed by atoms with Gasteiger partial charge in [-0.3, -0.25) is 0 Å². The predicted octanol–water partition coefficient (Wildman–Crippen LogP) is 3.81. The second-order valence-electron chi connectivity index (χ2n) is 5.39. The van der Waals surface area contributed by atoms with Gasteiger partial charge in [-0.05, 0) is 37.6 Å². The zero-order valence-electron chi connectivity index (χ0n) is 13.3. The minimum atomic E-state index is -5.02. The molecule has 0 bridgehead atoms. The van der Waals surface area contributed by atoms with Crippen molar-refractivity contribution in [2.24, 2.45) is 0 Å². The molecule has 1 aromatic carbocycles. The number of aryl methyl sites for hydroxylation is 2. The van der Waals surface area contributed by atoms with Crippen LogP contribution in [0.2, 0.25) is 0 Å². The Morgan fingerprint density at radius 2 is 1.50 bits per heavy atom. The summed E-state index contributed by atoms with van der Waals surface area (Å²) in [7, 11) is -4.24. The van der Waals surface area contributed by atoms with Crippen LogP contribution in [-0.2, 0) is 28.9 Å². The number of nitrogens with one attached hydrogen (secondary N) is 1. The van der Waals surface area contributed by atoms with Gasteiger partial charge in [0, 0.05) is 6.54 Å². The lowest BCUT2D eigenvalue weighted by Crippen LogP contribution is -2.24. The van der Waals surface area contributed by atoms with E-state index in [1.54, 1.807) is 0 Å². The summed E-state index contributed by atoms with van der Waals surface area (Å²) in [4.78, 5) is -0.319. The molecule has 0 unspecified atom stereocenters. The number of rotatable bonds is 4. The van der Waals surface area contributed by atoms with Gasteiger partial charge in [0.1, 0.15) is 10.6 Å². The van der Waals surface area contributed by atoms with Gasteiger partial charge in [-0.15, -0.1) is 0 Å². The summed E-state index contributed by atoms with van der Waals surface area (Å²) in [5, 5.41) is 3.44. The van der Waals surface area contributed by atoms with E-state index >= 15 is 0 Å². The molecule has 2 rings (SSSR count). The SMILES string of the molecule is Cc1noc(C)c1S(=O)(=O)NCc1cc(C(F)(F)F)cc(C(F)(F)F)c1. The number of benzene rings is 1. The zero-order chi connectivity index (χ0) is 19.9. The molecular formula is C14H12F6N2O3S. The first kappa shape index (κ1) is 20.2. The number of sulfonamides is 1. The molecule has 0 amide bonds. The zero-order valence-corrected chi connectivity index (χ0v) is 14.1. The fraction of sp³-hybridized carbons (Fsp3) is 0.357. The van der Waals surface area contributed by atoms with Crippen LogP contribution >= 0.6 is 0 Å². The van der Waals surface area contributed by atoms with Crippen molar-refractivity contribution >= 4 is 10.0 Å². The highest BCUT2D eigenvalue weighted by Crippen LogP contribution is 2.36. The number of hydrogen-bond acceptors (Lipinski definition) is 4. The van der Waals surface area contributed by atoms with Crippen molar-refractivity contribution in [2.75, 3.05) is 0 Å². The second-order valence-corrected chi connectivity index (χ2v) is 7.10. The second kappa shape index (κ2) is 6.58. The standard InChI is InChI=1S/C14H12F6N2O3S/c1-7-12(8(2)25-22-7)26(23,24)21-6-9-3-10(13(15,16)17)5-11(4-9)14(18,19)20/h3-5,21H,6H2,1-2H3. The van der Waals surface area contributed by atoms with Gasteiger partial charge < -0.3 is 4.52 Å². The number of aromatic nitrogens is 1. The van der Waals surface area contributed by atoms with Crippen LogP contribution in [0.15, 0.2) is 27.6 Å². The van der Waals surface area contributed by atoms with E-state index in [0.29, 0.717) is 12.1 Å². The Bertz CT molecular complexity index is 864. The summed E-state index contributed by atoms with van der Waals surface area (Å²) in [6.07, 6.45) is -10.0. The first-order valence-corrected chi connectivity index (χ1v) is 8.41. The maximum Gasteiger partial charge on any atom is 0.416 e. The van der Waals surface area contributed by atoms with E-state index in [4.69, 9.17) is 4.52 Å². The Balaban J connectivity index is 2.38. The van der Waals surface area contributed by atoms with Crippen molar-refractivity contribution in [2.45, 2.75) is 37.6 Å². The molecule has 0 fully saturated rings. The highest BCUT2D eigenvalue weighted by molar-refractivity contribution is 7.89. The van der Waals surface area contributed by atoms with Crippen molar-refractivity contribution in [1.29, 1.82) is 0 Å². The fourth-order valence-corrected chi connectivity index (χ4v) is 3.57. The van der Waals surface area contributed by atoms with Crippen LogP contribution in [0.25, 0.3) is 0 Å². The highest BCUT2D eigenvalue weighted by Gasteiger charge is 2.37. The third-order valence-electron chi connectivity index (χ3n) is 3.35. The van der Waals surface area contributed by atoms with Gasteiger partial charge in [0.2, 0.25) is 10.0 Å². The molecular weight excluding hydrogens is 390 g/mol. The van der Waals surface area contributed by atoms with E-state index in [-0.39, 0.29) is 22.4 Å². The summed E-state index contributed by atoms with van der Waals surface area (Å²) in [6, 6.07) is 0.864. The van der Waals surface area contributed by atoms with Crippen molar-refractivity contribution < 1.29 is 39.3 Å². The lowest BCUT2D eigenvalue weighted by Gasteiger charge is -2.14. The monoisotopic (exact) mass is 402 g/mol. The highest BCUT2D eigenvalue weighted by atomic mass is 32.2. The molecule has 1 N–H and O–H groups in total. The van der Waals surface area contributed by atoms with Crippen LogP contribution in [0.1, 0.15) is 28.1 Å². The van der Waals surface area contributed by atoms with Crippen LogP contribution in [0, 0.1) is 13.8 Å². The van der Waals surface area contributed by atoms with Crippen LogP contribution < -0.4 is 4.72 Å². The maximum atomic E-state index is 12.8. The van der Waals surface area contributed by atoms with Gasteiger partial charge in [0.15, 0.2) is 5.76 Å². The van der Waals surface area contributed by atoms with Gasteiger partial charge in [-0.25, -0.2) is 13.1 Å². The fourth-order valence-electron chi connectivity index (χ4n) is 2.23. The summed E-state index contributed by atoms with van der Waals surface area (Å²) < 4.78 is 108. The van der Waals surface area contributed by atoms with Crippen molar-refractivity contribution in [1.82, 2.24) is 9.88 Å². The van der Waals surface area contributed by atoms with Crippen LogP contribution in [-0.4, -0.2) is 13.6 Å². The lowest BCUT2D eigenvalue weighted by atomic mass is 10.0. The van der Waals surface area contributed by atoms with Crippen LogP contribution in [0.5, 0.6) is 0 Å². The lowest BCUT2D eigenvalue weighted by molar-refractivity contribution is -0.143. The largest absolute Gasteiger partial charge is 0.416 e. The molecule has 26 heavy (non-hydrogen) atoms. The van der Waals surface area contributed by atoms with E-state index in [2.05, 4.69) is 5.16 Å². The molecule has 12 heteroatoms. The molecule has 144 valence electrons. The number of alkyl halides is 6. The van der Waals surface area contributed by atoms with E-state index < -0.39 is 45.6 Å². The smallest absolute Gasteiger partial charge is 0.360 e. The molecule has 0 aliphatic heterocycles. The average Bonchev–Trinajstić information content (AvgIpc) is 2.83. The maximum absolute atomic E-state index is 12.8. The van der Waals surface area contributed by atoms with E-state index in [1.165, 1.54) is 13.8 Å². The number of halogens is 6. The van der Waals surface area contributed by atoms with Gasteiger partial charge in [-0.2, -0.15) is 26.3 Å². The van der Waals surface area contributed by atoms with E-state index in [1.807, 2.05) is 4.72 Å². The van der Waals surface area contributed by atoms with Crippen molar-refractivity contribution in [3.8, 4) is 0 Å². The molecule has 5 nitrogen and oxygen atoms in total. The number of nitrogens with zero attached hydrogens (tertiary/aromatic N) is 1. The van der Waals surface area contributed by atoms with Gasteiger partial charge in [0.05, 0.1) is 11.1 Å². The Kier molecular flexibility index (Phi) is 5.12. The quantitative estimate of drug-likeness (QED) is 0.790. The normalized spacial score (nSPS) is 13.2. The Labute approximate surface area is 144 Å². The van der Waals surface area contributed by atoms with Crippen molar-refractivity contribution in [3.05, 3.63) is 46.3 Å². The molecule has 0 spiro atoms. The third-order valence-corrected chi connectivity index (χ3v) is 5.00. The molecule has 0 saturated heterocycles. The molecule has 1 aromatic heterocycles. The molecule has 1 heterocycles. The first-order chi connectivity index (χ1) is 11.7. The van der Waals surface area contributed by atoms with E-state index in [9.17, 15) is 34.8 Å². The minimum Gasteiger partial charge on any atom is -0.360 e. The Morgan fingerprint density at radius 1 is 1.00 bits per heavy atom. The van der Waals surface area contributed by atoms with Crippen LogP contribution in [0.3, 0.4) is 0 Å². The van der Waals surface area contributed by atoms with Gasteiger partial charge in [0.25, 0.3) is 0 Å². The Morgan fingerprint density at radius 3 is 1.88 bits per heavy atom. The summed E-state index contributed by atoms with van der Waals surface area (Å²) in [6.45, 7) is 1.86. The number of hydrogen-bond donors (Lipinski definition) is 1. The van der Waals surface area contributed by atoms with Crippen molar-refractivity contribution in [3.63, 3.8) is 0 Å². The third kappa shape index (κ3) is 4.36. The minimum absolute atomic E-state index is 0.00928. The molecule has 0 radical (unpaired) electrons. The molecule has 2 aromatic rings. The molecule has 0 saturated carbocycles. The predicted molar refractivity (Wildman–Crippen MR) is 76.4 cm³/mol. The first-order valence-electron chi connectivity index (χ1n) is 6.92. The topological polar surface area (TPSA) is 72.2 Å². The molecule has 0 aliphatic rings. The Hall–Kier alpha value is -2.08. The summed E-state index contributed by atoms with van der Waals surface area (Å²) in [5.41, 5.74) is -3.55. The van der Waals surface area contributed by atoms with E-state index in [0.717, 1.165) is 0 Å². The average molecular weight is 402 g/mol. The molecule has 0 aliphatic carbocycles. The van der Waals surface area contributed by atoms with Gasteiger partial charge >= 0.3 is 12.4 Å². The summed E-state index contributed by atoms with van der Waals surface area (Å²) in [5.74, 6) is -0.0602. The summed E-state index contributed by atoms with van der Waals surface area (Å²) >= 11 is 0. The van der Waals surface area contributed by atoms with Gasteiger partial charge in [-0.1, -0.05) is 5.16 Å². The molecule has 0 atom stereocenters. The van der Waals surface area contributed by atoms with Crippen LogP contribution in [0.4, 0.5) is 26.3 Å².